The van der Waals surface area contributed by atoms with Crippen molar-refractivity contribution < 1.29 is 9.18 Å². The van der Waals surface area contributed by atoms with Crippen molar-refractivity contribution in [2.24, 2.45) is 5.92 Å². The molecule has 2 rings (SSSR count). The van der Waals surface area contributed by atoms with Crippen molar-refractivity contribution in [3.05, 3.63) is 36.3 Å². The second-order valence-corrected chi connectivity index (χ2v) is 5.15. The molecule has 1 unspecified atom stereocenters. The Labute approximate surface area is 106 Å². The van der Waals surface area contributed by atoms with Crippen molar-refractivity contribution in [3.8, 4) is 0 Å². The highest BCUT2D eigenvalue weighted by Gasteiger charge is 2.19. The number of hydrogen-bond acceptors (Lipinski definition) is 1. The summed E-state index contributed by atoms with van der Waals surface area (Å²) in [4.78, 5) is 11.8. The predicted molar refractivity (Wildman–Crippen MR) is 71.1 cm³/mol. The monoisotopic (exact) mass is 247 g/mol. The quantitative estimate of drug-likeness (QED) is 0.801. The third kappa shape index (κ3) is 2.30. The molecule has 0 aliphatic heterocycles. The van der Waals surface area contributed by atoms with Crippen LogP contribution >= 0.6 is 0 Å². The van der Waals surface area contributed by atoms with Crippen LogP contribution in [0, 0.1) is 11.7 Å². The van der Waals surface area contributed by atoms with Crippen molar-refractivity contribution >= 4 is 16.7 Å². The summed E-state index contributed by atoms with van der Waals surface area (Å²) in [6.07, 6.45) is 2.58. The van der Waals surface area contributed by atoms with Crippen LogP contribution in [-0.2, 0) is 4.79 Å². The van der Waals surface area contributed by atoms with Crippen LogP contribution in [0.4, 0.5) is 4.39 Å². The van der Waals surface area contributed by atoms with Gasteiger partial charge in [0.2, 0.25) is 0 Å². The number of benzene rings is 1. The van der Waals surface area contributed by atoms with Crippen molar-refractivity contribution in [2.75, 3.05) is 0 Å². The summed E-state index contributed by atoms with van der Waals surface area (Å²) < 4.78 is 15.5. The van der Waals surface area contributed by atoms with Crippen molar-refractivity contribution in [1.82, 2.24) is 4.57 Å². The van der Waals surface area contributed by atoms with E-state index in [1.807, 2.05) is 16.8 Å². The van der Waals surface area contributed by atoms with E-state index in [2.05, 4.69) is 13.8 Å². The summed E-state index contributed by atoms with van der Waals surface area (Å²) in [5.41, 5.74) is 0.788. The molecule has 0 radical (unpaired) electrons. The van der Waals surface area contributed by atoms with Gasteiger partial charge >= 0.3 is 0 Å². The number of fused-ring (bicyclic) bond motifs is 1. The van der Waals surface area contributed by atoms with Gasteiger partial charge in [-0.1, -0.05) is 19.9 Å². The number of hydrogen-bond donors (Lipinski definition) is 0. The van der Waals surface area contributed by atoms with Gasteiger partial charge in [0.15, 0.2) is 5.78 Å². The molecule has 3 heteroatoms. The van der Waals surface area contributed by atoms with Crippen LogP contribution < -0.4 is 0 Å². The normalized spacial score (nSPS) is 13.2. The summed E-state index contributed by atoms with van der Waals surface area (Å²) in [5, 5.41) is 0.576. The van der Waals surface area contributed by atoms with Gasteiger partial charge in [0.1, 0.15) is 5.82 Å². The first kappa shape index (κ1) is 12.8. The van der Waals surface area contributed by atoms with E-state index in [4.69, 9.17) is 0 Å². The first-order chi connectivity index (χ1) is 8.50. The smallest absolute Gasteiger partial charge is 0.152 e. The molecule has 96 valence electrons. The van der Waals surface area contributed by atoms with Gasteiger partial charge in [-0.2, -0.15) is 0 Å². The zero-order chi connectivity index (χ0) is 13.3. The number of aromatic nitrogens is 1. The lowest BCUT2D eigenvalue weighted by Crippen LogP contribution is -2.18. The maximum atomic E-state index is 13.6. The molecular weight excluding hydrogens is 229 g/mol. The molecule has 1 atom stereocenters. The Morgan fingerprint density at radius 2 is 2.06 bits per heavy atom. The fraction of sp³-hybridized carbons (Fsp3) is 0.400. The number of ketones is 1. The van der Waals surface area contributed by atoms with E-state index in [0.29, 0.717) is 11.3 Å². The van der Waals surface area contributed by atoms with E-state index in [1.54, 1.807) is 19.1 Å². The molecule has 2 aromatic rings. The molecule has 0 fully saturated rings. The molecule has 1 heterocycles. The highest BCUT2D eigenvalue weighted by Crippen LogP contribution is 2.26. The molecule has 0 saturated heterocycles. The lowest BCUT2D eigenvalue weighted by molar-refractivity contribution is -0.120. The Morgan fingerprint density at radius 3 is 2.67 bits per heavy atom. The van der Waals surface area contributed by atoms with E-state index < -0.39 is 0 Å². The average molecular weight is 247 g/mol. The highest BCUT2D eigenvalue weighted by molar-refractivity contribution is 5.85. The molecule has 0 amide bonds. The Hall–Kier alpha value is -1.64. The zero-order valence-electron chi connectivity index (χ0n) is 11.0. The standard InChI is InChI=1S/C15H18FNO/c1-10(2)9-15(11(3)18)17-8-7-12-13(16)5-4-6-14(12)17/h4-8,10,15H,9H2,1-3H3. The molecule has 0 bridgehead atoms. The predicted octanol–water partition coefficient (Wildman–Crippen LogP) is 3.96. The van der Waals surface area contributed by atoms with E-state index >= 15 is 0 Å². The molecule has 18 heavy (non-hydrogen) atoms. The van der Waals surface area contributed by atoms with Gasteiger partial charge in [-0.25, -0.2) is 4.39 Å². The molecule has 2 nitrogen and oxygen atoms in total. The Bertz CT molecular complexity index is 571. The summed E-state index contributed by atoms with van der Waals surface area (Å²) in [6.45, 7) is 5.77. The van der Waals surface area contributed by atoms with Crippen LogP contribution in [0.5, 0.6) is 0 Å². The van der Waals surface area contributed by atoms with Crippen LogP contribution in [-0.4, -0.2) is 10.4 Å². The summed E-state index contributed by atoms with van der Waals surface area (Å²) in [5.74, 6) is 0.300. The van der Waals surface area contributed by atoms with Gasteiger partial charge < -0.3 is 4.57 Å². The van der Waals surface area contributed by atoms with Crippen LogP contribution in [0.3, 0.4) is 0 Å². The number of halogens is 1. The van der Waals surface area contributed by atoms with Crippen molar-refractivity contribution in [1.29, 1.82) is 0 Å². The number of carbonyl (C=O) groups is 1. The summed E-state index contributed by atoms with van der Waals surface area (Å²) >= 11 is 0. The van der Waals surface area contributed by atoms with Crippen LogP contribution in [0.2, 0.25) is 0 Å². The van der Waals surface area contributed by atoms with E-state index in [1.165, 1.54) is 6.07 Å². The summed E-state index contributed by atoms with van der Waals surface area (Å²) in [6, 6.07) is 6.51. The maximum Gasteiger partial charge on any atom is 0.152 e. The minimum Gasteiger partial charge on any atom is -0.337 e. The largest absolute Gasteiger partial charge is 0.337 e. The van der Waals surface area contributed by atoms with Gasteiger partial charge in [0.05, 0.1) is 11.6 Å². The fourth-order valence-corrected chi connectivity index (χ4v) is 2.34. The van der Waals surface area contributed by atoms with Gasteiger partial charge in [0.25, 0.3) is 0 Å². The third-order valence-corrected chi connectivity index (χ3v) is 3.21. The molecule has 1 aromatic carbocycles. The molecule has 0 aliphatic rings. The molecule has 0 spiro atoms. The number of nitrogens with zero attached hydrogens (tertiary/aromatic N) is 1. The zero-order valence-corrected chi connectivity index (χ0v) is 11.0. The lowest BCUT2D eigenvalue weighted by atomic mass is 10.0. The molecule has 0 aliphatic carbocycles. The van der Waals surface area contributed by atoms with Crippen molar-refractivity contribution in [3.63, 3.8) is 0 Å². The van der Waals surface area contributed by atoms with Crippen LogP contribution in [0.25, 0.3) is 10.9 Å². The average Bonchev–Trinajstić information content (AvgIpc) is 2.70. The minimum absolute atomic E-state index is 0.116. The Kier molecular flexibility index (Phi) is 3.50. The van der Waals surface area contributed by atoms with E-state index in [0.717, 1.165) is 11.9 Å². The molecule has 0 saturated carbocycles. The van der Waals surface area contributed by atoms with Gasteiger partial charge in [0, 0.05) is 11.6 Å². The lowest BCUT2D eigenvalue weighted by Gasteiger charge is -2.19. The van der Waals surface area contributed by atoms with Gasteiger partial charge in [-0.3, -0.25) is 4.79 Å². The second kappa shape index (κ2) is 4.92. The van der Waals surface area contributed by atoms with Crippen molar-refractivity contribution in [2.45, 2.75) is 33.2 Å². The minimum atomic E-state index is -0.238. The topological polar surface area (TPSA) is 22.0 Å². The molecule has 0 N–H and O–H groups in total. The van der Waals surface area contributed by atoms with Gasteiger partial charge in [-0.05, 0) is 37.5 Å². The van der Waals surface area contributed by atoms with Crippen LogP contribution in [0.15, 0.2) is 30.5 Å². The van der Waals surface area contributed by atoms with E-state index in [9.17, 15) is 9.18 Å². The number of carbonyl (C=O) groups excluding carboxylic acids is 1. The first-order valence-corrected chi connectivity index (χ1v) is 6.26. The van der Waals surface area contributed by atoms with Gasteiger partial charge in [-0.15, -0.1) is 0 Å². The summed E-state index contributed by atoms with van der Waals surface area (Å²) in [7, 11) is 0. The highest BCUT2D eigenvalue weighted by atomic mass is 19.1. The fourth-order valence-electron chi connectivity index (χ4n) is 2.34. The molecule has 1 aromatic heterocycles. The first-order valence-electron chi connectivity index (χ1n) is 6.26. The molecular formula is C15H18FNO. The second-order valence-electron chi connectivity index (χ2n) is 5.15. The van der Waals surface area contributed by atoms with E-state index in [-0.39, 0.29) is 17.6 Å². The Balaban J connectivity index is 2.51. The van der Waals surface area contributed by atoms with Crippen LogP contribution in [0.1, 0.15) is 33.2 Å². The SMILES string of the molecule is CC(=O)C(CC(C)C)n1ccc2c(F)cccc21. The maximum absolute atomic E-state index is 13.6. The Morgan fingerprint density at radius 1 is 1.33 bits per heavy atom. The number of Topliss-reactive ketones (excluding diaryl/α,β-unsaturated/α-hetero) is 1. The third-order valence-electron chi connectivity index (χ3n) is 3.21. The number of rotatable bonds is 4.